The first kappa shape index (κ1) is 20.8. The Morgan fingerprint density at radius 1 is 1.14 bits per heavy atom. The van der Waals surface area contributed by atoms with E-state index in [1.165, 1.54) is 0 Å². The summed E-state index contributed by atoms with van der Waals surface area (Å²) in [6, 6.07) is 8.87. The van der Waals surface area contributed by atoms with Crippen LogP contribution in [-0.4, -0.2) is 72.8 Å². The van der Waals surface area contributed by atoms with Gasteiger partial charge in [0, 0.05) is 50.3 Å². The maximum absolute atomic E-state index is 12.7. The largest absolute Gasteiger partial charge is 0.411 e. The molecular formula is C19H21ClF3N3O2. The van der Waals surface area contributed by atoms with Crippen molar-refractivity contribution in [1.29, 1.82) is 0 Å². The predicted molar refractivity (Wildman–Crippen MR) is 101 cm³/mol. The van der Waals surface area contributed by atoms with Crippen molar-refractivity contribution in [2.45, 2.75) is 12.6 Å². The molecule has 9 heteroatoms. The van der Waals surface area contributed by atoms with E-state index in [-0.39, 0.29) is 12.5 Å². The Bertz CT molecular complexity index is 824. The molecule has 1 fully saturated rings. The number of amides is 1. The molecule has 1 aromatic heterocycles. The van der Waals surface area contributed by atoms with E-state index >= 15 is 0 Å². The topological polar surface area (TPSA) is 45.7 Å². The maximum atomic E-state index is 12.7. The number of piperazine rings is 1. The highest BCUT2D eigenvalue weighted by atomic mass is 35.5. The highest BCUT2D eigenvalue weighted by Crippen LogP contribution is 2.19. The number of carbonyl (C=O) groups is 1. The van der Waals surface area contributed by atoms with Crippen molar-refractivity contribution < 1.29 is 22.7 Å². The minimum absolute atomic E-state index is 0.0370. The predicted octanol–water partition coefficient (Wildman–Crippen LogP) is 3.62. The van der Waals surface area contributed by atoms with E-state index in [0.717, 1.165) is 10.9 Å². The number of hydrogen-bond acceptors (Lipinski definition) is 4. The quantitative estimate of drug-likeness (QED) is 0.534. The fourth-order valence-electron chi connectivity index (χ4n) is 3.17. The summed E-state index contributed by atoms with van der Waals surface area (Å²) in [4.78, 5) is 20.9. The average Bonchev–Trinajstić information content (AvgIpc) is 2.66. The van der Waals surface area contributed by atoms with Gasteiger partial charge >= 0.3 is 6.18 Å². The zero-order valence-corrected chi connectivity index (χ0v) is 16.0. The molecule has 0 atom stereocenters. The minimum Gasteiger partial charge on any atom is -0.372 e. The molecular weight excluding hydrogens is 395 g/mol. The van der Waals surface area contributed by atoms with Crippen molar-refractivity contribution in [3.05, 3.63) is 41.0 Å². The second-order valence-corrected chi connectivity index (χ2v) is 7.08. The molecule has 152 valence electrons. The van der Waals surface area contributed by atoms with Gasteiger partial charge < -0.3 is 9.64 Å². The summed E-state index contributed by atoms with van der Waals surface area (Å²) in [7, 11) is 0. The third-order valence-corrected chi connectivity index (χ3v) is 4.80. The smallest absolute Gasteiger partial charge is 0.372 e. The zero-order valence-electron chi connectivity index (χ0n) is 15.2. The van der Waals surface area contributed by atoms with Crippen LogP contribution in [0.2, 0.25) is 5.15 Å². The van der Waals surface area contributed by atoms with Gasteiger partial charge in [0.25, 0.3) is 5.91 Å². The molecule has 0 saturated carbocycles. The van der Waals surface area contributed by atoms with Crippen LogP contribution in [0.15, 0.2) is 30.3 Å². The summed E-state index contributed by atoms with van der Waals surface area (Å²) in [6.07, 6.45) is -3.75. The van der Waals surface area contributed by atoms with Crippen molar-refractivity contribution in [1.82, 2.24) is 14.8 Å². The van der Waals surface area contributed by atoms with E-state index in [1.54, 1.807) is 23.1 Å². The average molecular weight is 416 g/mol. The van der Waals surface area contributed by atoms with Gasteiger partial charge in [-0.1, -0.05) is 11.6 Å². The Kier molecular flexibility index (Phi) is 6.74. The van der Waals surface area contributed by atoms with Gasteiger partial charge in [0.1, 0.15) is 11.8 Å². The number of aromatic nitrogens is 1. The van der Waals surface area contributed by atoms with Crippen molar-refractivity contribution >= 4 is 28.4 Å². The van der Waals surface area contributed by atoms with Crippen LogP contribution in [0.5, 0.6) is 0 Å². The van der Waals surface area contributed by atoms with E-state index in [2.05, 4.69) is 14.6 Å². The highest BCUT2D eigenvalue weighted by molar-refractivity contribution is 6.29. The molecule has 28 heavy (non-hydrogen) atoms. The number of fused-ring (bicyclic) bond motifs is 1. The van der Waals surface area contributed by atoms with Gasteiger partial charge in [-0.2, -0.15) is 13.2 Å². The van der Waals surface area contributed by atoms with Gasteiger partial charge in [-0.05, 0) is 36.8 Å². The number of ether oxygens (including phenoxy) is 1. The lowest BCUT2D eigenvalue weighted by Crippen LogP contribution is -2.49. The van der Waals surface area contributed by atoms with E-state index in [0.29, 0.717) is 49.9 Å². The van der Waals surface area contributed by atoms with Crippen molar-refractivity contribution in [2.24, 2.45) is 0 Å². The van der Waals surface area contributed by atoms with Gasteiger partial charge in [0.05, 0.1) is 5.52 Å². The number of carbonyl (C=O) groups excluding carboxylic acids is 1. The van der Waals surface area contributed by atoms with E-state index < -0.39 is 12.8 Å². The lowest BCUT2D eigenvalue weighted by molar-refractivity contribution is -0.174. The van der Waals surface area contributed by atoms with Crippen LogP contribution >= 0.6 is 11.6 Å². The maximum Gasteiger partial charge on any atom is 0.411 e. The normalized spacial score (nSPS) is 15.9. The Hall–Kier alpha value is -1.90. The molecule has 0 aliphatic carbocycles. The number of alkyl halides is 3. The second-order valence-electron chi connectivity index (χ2n) is 6.70. The molecule has 2 aromatic rings. The number of hydrogen-bond donors (Lipinski definition) is 0. The van der Waals surface area contributed by atoms with Crippen LogP contribution in [0.4, 0.5) is 13.2 Å². The molecule has 0 bridgehead atoms. The third kappa shape index (κ3) is 5.80. The lowest BCUT2D eigenvalue weighted by Gasteiger charge is -2.34. The number of rotatable bonds is 6. The summed E-state index contributed by atoms with van der Waals surface area (Å²) in [6.45, 7) is 2.07. The van der Waals surface area contributed by atoms with Crippen LogP contribution in [0.1, 0.15) is 16.8 Å². The molecule has 2 heterocycles. The first-order chi connectivity index (χ1) is 13.3. The minimum atomic E-state index is -4.28. The monoisotopic (exact) mass is 415 g/mol. The molecule has 0 spiro atoms. The fraction of sp³-hybridized carbons (Fsp3) is 0.474. The van der Waals surface area contributed by atoms with Crippen molar-refractivity contribution in [3.63, 3.8) is 0 Å². The zero-order chi connectivity index (χ0) is 20.1. The third-order valence-electron chi connectivity index (χ3n) is 4.59. The number of pyridine rings is 1. The molecule has 0 N–H and O–H groups in total. The van der Waals surface area contributed by atoms with Gasteiger partial charge in [0.15, 0.2) is 0 Å². The van der Waals surface area contributed by atoms with E-state index in [4.69, 9.17) is 11.6 Å². The molecule has 1 aromatic carbocycles. The fourth-order valence-corrected chi connectivity index (χ4v) is 3.32. The van der Waals surface area contributed by atoms with Crippen LogP contribution in [-0.2, 0) is 4.74 Å². The summed E-state index contributed by atoms with van der Waals surface area (Å²) in [5, 5.41) is 1.26. The van der Waals surface area contributed by atoms with E-state index in [9.17, 15) is 18.0 Å². The molecule has 0 unspecified atom stereocenters. The molecule has 1 aliphatic rings. The highest BCUT2D eigenvalue weighted by Gasteiger charge is 2.27. The number of benzene rings is 1. The molecule has 1 aliphatic heterocycles. The Morgan fingerprint density at radius 3 is 2.61 bits per heavy atom. The summed E-state index contributed by atoms with van der Waals surface area (Å²) in [5.41, 5.74) is 1.34. The van der Waals surface area contributed by atoms with Crippen molar-refractivity contribution in [3.8, 4) is 0 Å². The van der Waals surface area contributed by atoms with E-state index in [1.807, 2.05) is 12.1 Å². The number of nitrogens with zero attached hydrogens (tertiary/aromatic N) is 3. The standard InChI is InChI=1S/C19H21ClF3N3O2/c20-17-5-3-14-12-15(2-4-16(14)24-17)18(27)26-9-7-25(8-10-26)6-1-11-28-13-19(21,22)23/h2-5,12H,1,6-11,13H2. The van der Waals surface area contributed by atoms with Gasteiger partial charge in [-0.25, -0.2) is 4.98 Å². The van der Waals surface area contributed by atoms with Gasteiger partial charge in [0.2, 0.25) is 0 Å². The van der Waals surface area contributed by atoms with Gasteiger partial charge in [-0.3, -0.25) is 9.69 Å². The lowest BCUT2D eigenvalue weighted by atomic mass is 10.1. The first-order valence-electron chi connectivity index (χ1n) is 9.04. The van der Waals surface area contributed by atoms with Crippen molar-refractivity contribution in [2.75, 3.05) is 45.9 Å². The summed E-state index contributed by atoms with van der Waals surface area (Å²) < 4.78 is 40.7. The molecule has 3 rings (SSSR count). The molecule has 1 saturated heterocycles. The Labute approximate surface area is 166 Å². The second kappa shape index (κ2) is 9.07. The van der Waals surface area contributed by atoms with Gasteiger partial charge in [-0.15, -0.1) is 0 Å². The van der Waals surface area contributed by atoms with Crippen LogP contribution in [0, 0.1) is 0 Å². The number of halogens is 4. The molecule has 5 nitrogen and oxygen atoms in total. The van der Waals surface area contributed by atoms with Crippen LogP contribution in [0.3, 0.4) is 0 Å². The Balaban J connectivity index is 1.45. The molecule has 0 radical (unpaired) electrons. The van der Waals surface area contributed by atoms with Crippen LogP contribution < -0.4 is 0 Å². The SMILES string of the molecule is O=C(c1ccc2nc(Cl)ccc2c1)N1CCN(CCCOCC(F)(F)F)CC1. The summed E-state index contributed by atoms with van der Waals surface area (Å²) in [5.74, 6) is -0.0370. The van der Waals surface area contributed by atoms with Crippen LogP contribution in [0.25, 0.3) is 10.9 Å². The first-order valence-corrected chi connectivity index (χ1v) is 9.42. The summed E-state index contributed by atoms with van der Waals surface area (Å²) >= 11 is 5.88. The molecule has 1 amide bonds. The Morgan fingerprint density at radius 2 is 1.89 bits per heavy atom.